The lowest BCUT2D eigenvalue weighted by molar-refractivity contribution is 0.110. The van der Waals surface area contributed by atoms with Gasteiger partial charge in [0, 0.05) is 50.6 Å². The summed E-state index contributed by atoms with van der Waals surface area (Å²) in [6, 6.07) is 10.6. The Morgan fingerprint density at radius 3 is 2.35 bits per heavy atom. The Morgan fingerprint density at radius 1 is 1.10 bits per heavy atom. The van der Waals surface area contributed by atoms with Gasteiger partial charge in [0.15, 0.2) is 0 Å². The Labute approximate surface area is 119 Å². The topological polar surface area (TPSA) is 39.1 Å². The molecule has 4 heteroatoms. The van der Waals surface area contributed by atoms with Gasteiger partial charge in [-0.3, -0.25) is 0 Å². The van der Waals surface area contributed by atoms with Crippen molar-refractivity contribution in [2.75, 3.05) is 39.3 Å². The Hall–Kier alpha value is -1.39. The third kappa shape index (κ3) is 1.86. The molecule has 0 aliphatic carbocycles. The molecule has 0 aromatic heterocycles. The maximum Gasteiger partial charge on any atom is 0.0717 e. The van der Waals surface area contributed by atoms with Crippen LogP contribution in [0.25, 0.3) is 0 Å². The third-order valence-corrected chi connectivity index (χ3v) is 5.17. The van der Waals surface area contributed by atoms with E-state index in [1.165, 1.54) is 5.56 Å². The number of rotatable bonds is 2. The van der Waals surface area contributed by atoms with Gasteiger partial charge in [0.25, 0.3) is 0 Å². The summed E-state index contributed by atoms with van der Waals surface area (Å²) in [7, 11) is 0. The minimum absolute atomic E-state index is 0.00771. The smallest absolute Gasteiger partial charge is 0.0717 e. The number of hydrogen-bond acceptors (Lipinski definition) is 4. The van der Waals surface area contributed by atoms with Crippen LogP contribution >= 0.6 is 0 Å². The molecular weight excluding hydrogens is 250 g/mol. The summed E-state index contributed by atoms with van der Waals surface area (Å²) in [6.45, 7) is 6.51. The van der Waals surface area contributed by atoms with Crippen molar-refractivity contribution in [2.45, 2.75) is 6.42 Å². The normalized spacial score (nSPS) is 41.0. The highest BCUT2D eigenvalue weighted by atomic mass is 16.4. The van der Waals surface area contributed by atoms with E-state index in [1.807, 2.05) is 0 Å². The summed E-state index contributed by atoms with van der Waals surface area (Å²) in [6.07, 6.45) is 0.983. The molecule has 0 radical (unpaired) electrons. The summed E-state index contributed by atoms with van der Waals surface area (Å²) in [4.78, 5) is 5.13. The minimum atomic E-state index is 0.00771. The molecule has 4 fully saturated rings. The summed E-state index contributed by atoms with van der Waals surface area (Å²) >= 11 is 0. The molecule has 4 bridgehead atoms. The van der Waals surface area contributed by atoms with Gasteiger partial charge < -0.3 is 15.0 Å². The molecule has 2 atom stereocenters. The minimum Gasteiger partial charge on any atom is -0.411 e. The molecule has 2 unspecified atom stereocenters. The molecule has 0 amide bonds. The number of piperidine rings is 2. The van der Waals surface area contributed by atoms with E-state index in [0.29, 0.717) is 5.92 Å². The highest BCUT2D eigenvalue weighted by molar-refractivity contribution is 5.94. The van der Waals surface area contributed by atoms with Gasteiger partial charge in [-0.1, -0.05) is 35.5 Å². The molecule has 1 aromatic carbocycles. The molecule has 4 aliphatic rings. The lowest BCUT2D eigenvalue weighted by Gasteiger charge is -2.50. The van der Waals surface area contributed by atoms with E-state index >= 15 is 0 Å². The van der Waals surface area contributed by atoms with Crippen LogP contribution in [0.5, 0.6) is 0 Å². The molecule has 0 spiro atoms. The van der Waals surface area contributed by atoms with Crippen molar-refractivity contribution in [3.63, 3.8) is 0 Å². The van der Waals surface area contributed by atoms with Crippen LogP contribution in [0, 0.1) is 11.3 Å². The highest BCUT2D eigenvalue weighted by Gasteiger charge is 2.52. The molecule has 4 saturated heterocycles. The molecule has 4 aliphatic heterocycles. The average Bonchev–Trinajstić information content (AvgIpc) is 2.68. The monoisotopic (exact) mass is 271 g/mol. The van der Waals surface area contributed by atoms with Gasteiger partial charge >= 0.3 is 0 Å². The second kappa shape index (κ2) is 4.57. The SMILES string of the molecule is O/N=C1\C2CN3CCN(C2)CC1(Cc1ccccc1)C3. The Morgan fingerprint density at radius 2 is 1.75 bits per heavy atom. The molecular formula is C16H21N3O. The molecule has 1 aromatic rings. The van der Waals surface area contributed by atoms with E-state index in [-0.39, 0.29) is 5.41 Å². The zero-order valence-corrected chi connectivity index (χ0v) is 11.7. The van der Waals surface area contributed by atoms with Crippen molar-refractivity contribution >= 4 is 5.71 Å². The standard InChI is InChI=1S/C16H21N3O/c20-17-15-14-9-18-6-7-19(10-14)12-16(15,11-18)8-13-4-2-1-3-5-13/h1-5,14,20H,6-12H2/b17-15+. The number of oxime groups is 1. The van der Waals surface area contributed by atoms with E-state index in [2.05, 4.69) is 45.3 Å². The summed E-state index contributed by atoms with van der Waals surface area (Å²) < 4.78 is 0. The molecule has 1 N–H and O–H groups in total. The largest absolute Gasteiger partial charge is 0.411 e. The second-order valence-electron chi connectivity index (χ2n) is 6.60. The molecule has 4 heterocycles. The zero-order chi connectivity index (χ0) is 13.6. The third-order valence-electron chi connectivity index (χ3n) is 5.17. The number of benzene rings is 1. The first kappa shape index (κ1) is 12.4. The fraction of sp³-hybridized carbons (Fsp3) is 0.562. The highest BCUT2D eigenvalue weighted by Crippen LogP contribution is 2.40. The maximum atomic E-state index is 9.58. The molecule has 20 heavy (non-hydrogen) atoms. The van der Waals surface area contributed by atoms with E-state index in [1.54, 1.807) is 0 Å². The summed E-state index contributed by atoms with van der Waals surface area (Å²) in [5.41, 5.74) is 2.40. The van der Waals surface area contributed by atoms with Crippen molar-refractivity contribution < 1.29 is 5.21 Å². The van der Waals surface area contributed by atoms with Crippen LogP contribution in [-0.2, 0) is 6.42 Å². The van der Waals surface area contributed by atoms with E-state index in [9.17, 15) is 5.21 Å². The van der Waals surface area contributed by atoms with Crippen LogP contribution < -0.4 is 0 Å². The predicted molar refractivity (Wildman–Crippen MR) is 78.2 cm³/mol. The lowest BCUT2D eigenvalue weighted by atomic mass is 9.67. The Bertz CT molecular complexity index is 512. The maximum absolute atomic E-state index is 9.58. The molecule has 4 nitrogen and oxygen atoms in total. The van der Waals surface area contributed by atoms with Gasteiger partial charge in [-0.25, -0.2) is 0 Å². The summed E-state index contributed by atoms with van der Waals surface area (Å²) in [5, 5.41) is 13.3. The van der Waals surface area contributed by atoms with Crippen LogP contribution in [0.2, 0.25) is 0 Å². The van der Waals surface area contributed by atoms with Gasteiger partial charge in [0.2, 0.25) is 0 Å². The quantitative estimate of drug-likeness (QED) is 0.651. The fourth-order valence-electron chi connectivity index (χ4n) is 4.48. The van der Waals surface area contributed by atoms with Crippen LogP contribution in [0.1, 0.15) is 5.56 Å². The van der Waals surface area contributed by atoms with Crippen molar-refractivity contribution in [3.05, 3.63) is 35.9 Å². The first-order valence-electron chi connectivity index (χ1n) is 7.50. The molecule has 106 valence electrons. The van der Waals surface area contributed by atoms with Gasteiger partial charge in [-0.05, 0) is 12.0 Å². The fourth-order valence-corrected chi connectivity index (χ4v) is 4.48. The first-order chi connectivity index (χ1) is 9.79. The number of nitrogens with zero attached hydrogens (tertiary/aromatic N) is 3. The van der Waals surface area contributed by atoms with Gasteiger partial charge in [0.1, 0.15) is 0 Å². The Kier molecular flexibility index (Phi) is 2.82. The van der Waals surface area contributed by atoms with Crippen LogP contribution in [-0.4, -0.2) is 60.0 Å². The van der Waals surface area contributed by atoms with Gasteiger partial charge in [-0.2, -0.15) is 0 Å². The second-order valence-corrected chi connectivity index (χ2v) is 6.60. The van der Waals surface area contributed by atoms with E-state index < -0.39 is 0 Å². The number of fused-ring (bicyclic) bond motifs is 1. The van der Waals surface area contributed by atoms with Gasteiger partial charge in [0.05, 0.1) is 5.71 Å². The predicted octanol–water partition coefficient (Wildman–Crippen LogP) is 1.31. The van der Waals surface area contributed by atoms with E-state index in [4.69, 9.17) is 0 Å². The first-order valence-corrected chi connectivity index (χ1v) is 7.50. The zero-order valence-electron chi connectivity index (χ0n) is 11.7. The molecule has 5 rings (SSSR count). The van der Waals surface area contributed by atoms with Crippen LogP contribution in [0.15, 0.2) is 35.5 Å². The Balaban J connectivity index is 1.73. The van der Waals surface area contributed by atoms with Crippen molar-refractivity contribution in [3.8, 4) is 0 Å². The van der Waals surface area contributed by atoms with Crippen molar-refractivity contribution in [1.82, 2.24) is 9.80 Å². The van der Waals surface area contributed by atoms with Crippen LogP contribution in [0.3, 0.4) is 0 Å². The van der Waals surface area contributed by atoms with Gasteiger partial charge in [-0.15, -0.1) is 0 Å². The average molecular weight is 271 g/mol. The number of hydrogen-bond donors (Lipinski definition) is 1. The lowest BCUT2D eigenvalue weighted by Crippen LogP contribution is -2.62. The molecule has 0 saturated carbocycles. The summed E-state index contributed by atoms with van der Waals surface area (Å²) in [5.74, 6) is 0.411. The van der Waals surface area contributed by atoms with Crippen molar-refractivity contribution in [2.24, 2.45) is 16.5 Å². The van der Waals surface area contributed by atoms with Crippen LogP contribution in [0.4, 0.5) is 0 Å². The van der Waals surface area contributed by atoms with Crippen molar-refractivity contribution in [1.29, 1.82) is 0 Å². The van der Waals surface area contributed by atoms with E-state index in [0.717, 1.165) is 51.4 Å².